The lowest BCUT2D eigenvalue weighted by atomic mass is 10.1. The Balaban J connectivity index is 1.84. The molecule has 2 N–H and O–H groups in total. The predicted octanol–water partition coefficient (Wildman–Crippen LogP) is 0.713. The van der Waals surface area contributed by atoms with E-state index in [1.54, 1.807) is 12.1 Å². The molecule has 3 rings (SSSR count). The highest BCUT2D eigenvalue weighted by molar-refractivity contribution is 7.89. The summed E-state index contributed by atoms with van der Waals surface area (Å²) in [6.07, 6.45) is 0. The van der Waals surface area contributed by atoms with E-state index in [2.05, 4.69) is 0 Å². The van der Waals surface area contributed by atoms with Gasteiger partial charge in [0.15, 0.2) is 11.5 Å². The summed E-state index contributed by atoms with van der Waals surface area (Å²) in [6, 6.07) is 9.32. The standard InChI is InChI=1S/C21H25N3O7S/c1-29-15-5-7-16(8-6-15)32(27,28)24-11-10-23(13-17(24)20(22)25)21(26)14-4-9-18(30-2)19(12-14)31-3/h4-9,12,17H,10-11,13H2,1-3H3,(H2,22,25). The molecule has 1 aliphatic heterocycles. The maximum absolute atomic E-state index is 13.1. The first-order valence-corrected chi connectivity index (χ1v) is 11.1. The minimum absolute atomic E-state index is 0.00390. The van der Waals surface area contributed by atoms with Crippen LogP contribution in [0, 0.1) is 0 Å². The van der Waals surface area contributed by atoms with Gasteiger partial charge in [-0.05, 0) is 42.5 Å². The van der Waals surface area contributed by atoms with E-state index in [-0.39, 0.29) is 30.4 Å². The van der Waals surface area contributed by atoms with Gasteiger partial charge in [-0.2, -0.15) is 4.31 Å². The van der Waals surface area contributed by atoms with Gasteiger partial charge in [-0.3, -0.25) is 9.59 Å². The monoisotopic (exact) mass is 463 g/mol. The van der Waals surface area contributed by atoms with Crippen LogP contribution in [0.15, 0.2) is 47.4 Å². The molecule has 2 aromatic carbocycles. The van der Waals surface area contributed by atoms with Crippen molar-refractivity contribution >= 4 is 21.8 Å². The van der Waals surface area contributed by atoms with Crippen molar-refractivity contribution in [2.24, 2.45) is 5.73 Å². The molecule has 1 fully saturated rings. The van der Waals surface area contributed by atoms with Crippen LogP contribution in [0.5, 0.6) is 17.2 Å². The summed E-state index contributed by atoms with van der Waals surface area (Å²) in [6.45, 7) is -0.161. The number of rotatable bonds is 7. The Hall–Kier alpha value is -3.31. The third-order valence-electron chi connectivity index (χ3n) is 5.24. The maximum atomic E-state index is 13.1. The average molecular weight is 464 g/mol. The van der Waals surface area contributed by atoms with E-state index >= 15 is 0 Å². The molecular formula is C21H25N3O7S. The quantitative estimate of drug-likeness (QED) is 0.640. The van der Waals surface area contributed by atoms with Gasteiger partial charge in [0.25, 0.3) is 5.91 Å². The Bertz CT molecular complexity index is 1100. The molecule has 0 bridgehead atoms. The third-order valence-corrected chi connectivity index (χ3v) is 7.17. The van der Waals surface area contributed by atoms with Crippen molar-refractivity contribution in [1.82, 2.24) is 9.21 Å². The number of methoxy groups -OCH3 is 3. The smallest absolute Gasteiger partial charge is 0.254 e. The molecule has 10 nitrogen and oxygen atoms in total. The van der Waals surface area contributed by atoms with Gasteiger partial charge in [-0.1, -0.05) is 0 Å². The number of nitrogens with zero attached hydrogens (tertiary/aromatic N) is 2. The van der Waals surface area contributed by atoms with E-state index in [0.717, 1.165) is 4.31 Å². The predicted molar refractivity (Wildman–Crippen MR) is 115 cm³/mol. The van der Waals surface area contributed by atoms with Crippen molar-refractivity contribution in [3.63, 3.8) is 0 Å². The van der Waals surface area contributed by atoms with Crippen molar-refractivity contribution in [1.29, 1.82) is 0 Å². The SMILES string of the molecule is COc1ccc(S(=O)(=O)N2CCN(C(=O)c3ccc(OC)c(OC)c3)CC2C(N)=O)cc1. The Morgan fingerprint density at radius 1 is 0.938 bits per heavy atom. The second-order valence-electron chi connectivity index (χ2n) is 7.03. The van der Waals surface area contributed by atoms with Crippen molar-refractivity contribution < 1.29 is 32.2 Å². The molecule has 1 saturated heterocycles. The average Bonchev–Trinajstić information content (AvgIpc) is 2.82. The summed E-state index contributed by atoms with van der Waals surface area (Å²) in [7, 11) is 0.403. The zero-order chi connectivity index (χ0) is 23.5. The molecule has 1 unspecified atom stereocenters. The van der Waals surface area contributed by atoms with Gasteiger partial charge >= 0.3 is 0 Å². The van der Waals surface area contributed by atoms with Gasteiger partial charge in [0.05, 0.1) is 26.2 Å². The summed E-state index contributed by atoms with van der Waals surface area (Å²) >= 11 is 0. The minimum atomic E-state index is -4.01. The van der Waals surface area contributed by atoms with Crippen molar-refractivity contribution in [2.75, 3.05) is 41.0 Å². The summed E-state index contributed by atoms with van der Waals surface area (Å²) < 4.78 is 42.8. The van der Waals surface area contributed by atoms with Crippen LogP contribution >= 0.6 is 0 Å². The van der Waals surface area contributed by atoms with Crippen molar-refractivity contribution in [3.8, 4) is 17.2 Å². The van der Waals surface area contributed by atoms with E-state index < -0.39 is 22.0 Å². The number of hydrogen-bond donors (Lipinski definition) is 1. The first-order valence-electron chi connectivity index (χ1n) is 9.69. The molecule has 11 heteroatoms. The van der Waals surface area contributed by atoms with Crippen LogP contribution < -0.4 is 19.9 Å². The van der Waals surface area contributed by atoms with Crippen LogP contribution in [0.25, 0.3) is 0 Å². The van der Waals surface area contributed by atoms with Crippen molar-refractivity contribution in [2.45, 2.75) is 10.9 Å². The zero-order valence-electron chi connectivity index (χ0n) is 18.0. The number of carbonyl (C=O) groups is 2. The maximum Gasteiger partial charge on any atom is 0.254 e. The molecule has 0 radical (unpaired) electrons. The normalized spacial score (nSPS) is 17.0. The highest BCUT2D eigenvalue weighted by Gasteiger charge is 2.40. The molecule has 0 saturated carbocycles. The lowest BCUT2D eigenvalue weighted by Crippen LogP contribution is -2.60. The number of amides is 2. The number of hydrogen-bond acceptors (Lipinski definition) is 7. The molecular weight excluding hydrogens is 438 g/mol. The van der Waals surface area contributed by atoms with E-state index in [1.165, 1.54) is 56.6 Å². The largest absolute Gasteiger partial charge is 0.497 e. The highest BCUT2D eigenvalue weighted by Crippen LogP contribution is 2.29. The van der Waals surface area contributed by atoms with Crippen LogP contribution in [-0.4, -0.2) is 76.4 Å². The minimum Gasteiger partial charge on any atom is -0.497 e. The number of piperazine rings is 1. The fourth-order valence-electron chi connectivity index (χ4n) is 3.51. The second kappa shape index (κ2) is 9.45. The first-order chi connectivity index (χ1) is 15.2. The van der Waals surface area contributed by atoms with Gasteiger partial charge in [0.2, 0.25) is 15.9 Å². The Morgan fingerprint density at radius 3 is 2.16 bits per heavy atom. The fraction of sp³-hybridized carbons (Fsp3) is 0.333. The lowest BCUT2D eigenvalue weighted by molar-refractivity contribution is -0.122. The number of ether oxygens (including phenoxy) is 3. The molecule has 1 atom stereocenters. The zero-order valence-corrected chi connectivity index (χ0v) is 18.8. The van der Waals surface area contributed by atoms with Gasteiger partial charge < -0.3 is 24.8 Å². The fourth-order valence-corrected chi connectivity index (χ4v) is 5.08. The van der Waals surface area contributed by atoms with E-state index in [9.17, 15) is 18.0 Å². The molecule has 2 aromatic rings. The van der Waals surface area contributed by atoms with Crippen LogP contribution in [0.2, 0.25) is 0 Å². The number of carbonyl (C=O) groups excluding carboxylic acids is 2. The number of sulfonamides is 1. The first kappa shape index (κ1) is 23.4. The third kappa shape index (κ3) is 4.48. The molecule has 32 heavy (non-hydrogen) atoms. The van der Waals surface area contributed by atoms with Gasteiger partial charge in [0, 0.05) is 25.2 Å². The molecule has 1 heterocycles. The second-order valence-corrected chi connectivity index (χ2v) is 8.92. The lowest BCUT2D eigenvalue weighted by Gasteiger charge is -2.39. The topological polar surface area (TPSA) is 128 Å². The van der Waals surface area contributed by atoms with Crippen LogP contribution in [0.3, 0.4) is 0 Å². The Labute approximate surface area is 186 Å². The van der Waals surface area contributed by atoms with Gasteiger partial charge in [-0.15, -0.1) is 0 Å². The van der Waals surface area contributed by atoms with Gasteiger partial charge in [-0.25, -0.2) is 8.42 Å². The highest BCUT2D eigenvalue weighted by atomic mass is 32.2. The van der Waals surface area contributed by atoms with E-state index in [1.807, 2.05) is 0 Å². The molecule has 172 valence electrons. The number of nitrogens with two attached hydrogens (primary N) is 1. The summed E-state index contributed by atoms with van der Waals surface area (Å²) in [4.78, 5) is 26.6. The summed E-state index contributed by atoms with van der Waals surface area (Å²) in [5.41, 5.74) is 5.84. The van der Waals surface area contributed by atoms with Gasteiger partial charge in [0.1, 0.15) is 11.8 Å². The van der Waals surface area contributed by atoms with E-state index in [4.69, 9.17) is 19.9 Å². The van der Waals surface area contributed by atoms with Crippen LogP contribution in [0.1, 0.15) is 10.4 Å². The summed E-state index contributed by atoms with van der Waals surface area (Å²) in [5, 5.41) is 0. The number of primary amides is 1. The van der Waals surface area contributed by atoms with Crippen LogP contribution in [-0.2, 0) is 14.8 Å². The number of benzene rings is 2. The molecule has 2 amide bonds. The molecule has 0 aromatic heterocycles. The molecule has 0 aliphatic carbocycles. The molecule has 0 spiro atoms. The summed E-state index contributed by atoms with van der Waals surface area (Å²) in [5.74, 6) is 0.131. The van der Waals surface area contributed by atoms with E-state index in [0.29, 0.717) is 22.8 Å². The Kier molecular flexibility index (Phi) is 6.90. The Morgan fingerprint density at radius 2 is 1.59 bits per heavy atom. The van der Waals surface area contributed by atoms with Crippen molar-refractivity contribution in [3.05, 3.63) is 48.0 Å². The van der Waals surface area contributed by atoms with Crippen LogP contribution in [0.4, 0.5) is 0 Å². The molecule has 1 aliphatic rings.